The first-order valence-corrected chi connectivity index (χ1v) is 7.20. The highest BCUT2D eigenvalue weighted by atomic mass is 19.3. The van der Waals surface area contributed by atoms with Gasteiger partial charge in [0.15, 0.2) is 11.6 Å². The van der Waals surface area contributed by atoms with Gasteiger partial charge in [-0.1, -0.05) is 6.07 Å². The van der Waals surface area contributed by atoms with Crippen molar-refractivity contribution in [3.8, 4) is 0 Å². The Bertz CT molecular complexity index is 662. The summed E-state index contributed by atoms with van der Waals surface area (Å²) in [5, 5.41) is 13.7. The fourth-order valence-electron chi connectivity index (χ4n) is 2.40. The van der Waals surface area contributed by atoms with E-state index in [4.69, 9.17) is 0 Å². The number of hydrogen-bond acceptors (Lipinski definition) is 3. The van der Waals surface area contributed by atoms with Crippen molar-refractivity contribution in [1.29, 1.82) is 0 Å². The average molecular weight is 348 g/mol. The van der Waals surface area contributed by atoms with Crippen LogP contribution in [0.25, 0.3) is 0 Å². The van der Waals surface area contributed by atoms with Crippen molar-refractivity contribution in [3.63, 3.8) is 0 Å². The van der Waals surface area contributed by atoms with Crippen molar-refractivity contribution in [2.75, 3.05) is 7.05 Å². The molecule has 0 aromatic heterocycles. The van der Waals surface area contributed by atoms with Gasteiger partial charge < -0.3 is 15.7 Å². The molecule has 0 spiro atoms. The van der Waals surface area contributed by atoms with Crippen LogP contribution in [0.2, 0.25) is 0 Å². The standard InChI is InChI=1S/C15H16F4N2O3/c1-20-12(22)11(8-3-4-9(16)10(17)7-8)21-13(23)15(18,19)14(24)5-2-6-14/h3-4,7,11,24H,2,5-6H2,1H3,(H,20,22)(H,21,23)/t11-/m1/s1. The van der Waals surface area contributed by atoms with Crippen molar-refractivity contribution < 1.29 is 32.3 Å². The lowest BCUT2D eigenvalue weighted by atomic mass is 9.75. The summed E-state index contributed by atoms with van der Waals surface area (Å²) in [5.41, 5.74) is -2.67. The molecule has 2 amide bonds. The monoisotopic (exact) mass is 348 g/mol. The van der Waals surface area contributed by atoms with Gasteiger partial charge in [-0.2, -0.15) is 8.78 Å². The fraction of sp³-hybridized carbons (Fsp3) is 0.467. The summed E-state index contributed by atoms with van der Waals surface area (Å²) >= 11 is 0. The van der Waals surface area contributed by atoms with Crippen molar-refractivity contribution in [2.24, 2.45) is 0 Å². The van der Waals surface area contributed by atoms with Crippen LogP contribution in [-0.2, 0) is 9.59 Å². The molecular formula is C15H16F4N2O3. The first-order chi connectivity index (χ1) is 11.1. The third-order valence-corrected chi connectivity index (χ3v) is 4.11. The molecule has 9 heteroatoms. The number of nitrogens with one attached hydrogen (secondary N) is 2. The fourth-order valence-corrected chi connectivity index (χ4v) is 2.40. The molecule has 1 aromatic rings. The van der Waals surface area contributed by atoms with Gasteiger partial charge in [-0.05, 0) is 37.0 Å². The number of aliphatic hydroxyl groups is 1. The van der Waals surface area contributed by atoms with Crippen LogP contribution in [0.3, 0.4) is 0 Å². The highest BCUT2D eigenvalue weighted by Gasteiger charge is 2.61. The molecule has 24 heavy (non-hydrogen) atoms. The van der Waals surface area contributed by atoms with Gasteiger partial charge >= 0.3 is 5.92 Å². The van der Waals surface area contributed by atoms with Crippen LogP contribution in [0.4, 0.5) is 17.6 Å². The van der Waals surface area contributed by atoms with E-state index in [0.29, 0.717) is 18.6 Å². The van der Waals surface area contributed by atoms with Gasteiger partial charge in [0.2, 0.25) is 5.91 Å². The molecule has 1 aliphatic carbocycles. The molecule has 3 N–H and O–H groups in total. The minimum absolute atomic E-state index is 0.210. The van der Waals surface area contributed by atoms with Gasteiger partial charge in [-0.25, -0.2) is 8.78 Å². The zero-order valence-corrected chi connectivity index (χ0v) is 12.7. The van der Waals surface area contributed by atoms with Gasteiger partial charge in [0, 0.05) is 7.05 Å². The maximum absolute atomic E-state index is 14.1. The van der Waals surface area contributed by atoms with Crippen molar-refractivity contribution in [3.05, 3.63) is 35.4 Å². The second-order valence-electron chi connectivity index (χ2n) is 5.65. The van der Waals surface area contributed by atoms with Gasteiger partial charge in [0.05, 0.1) is 0 Å². The maximum Gasteiger partial charge on any atom is 0.352 e. The summed E-state index contributed by atoms with van der Waals surface area (Å²) in [5.74, 6) is -9.35. The van der Waals surface area contributed by atoms with Crippen LogP contribution in [0.1, 0.15) is 30.9 Å². The van der Waals surface area contributed by atoms with Gasteiger partial charge in [0.1, 0.15) is 11.6 Å². The molecule has 1 aromatic carbocycles. The number of amides is 2. The van der Waals surface area contributed by atoms with E-state index >= 15 is 0 Å². The summed E-state index contributed by atoms with van der Waals surface area (Å²) in [7, 11) is 1.19. The summed E-state index contributed by atoms with van der Waals surface area (Å²) < 4.78 is 54.5. The molecular weight excluding hydrogens is 332 g/mol. The van der Waals surface area contributed by atoms with E-state index in [1.54, 1.807) is 5.32 Å². The third-order valence-electron chi connectivity index (χ3n) is 4.11. The Morgan fingerprint density at radius 3 is 2.33 bits per heavy atom. The van der Waals surface area contributed by atoms with E-state index in [-0.39, 0.29) is 18.4 Å². The van der Waals surface area contributed by atoms with E-state index in [2.05, 4.69) is 5.32 Å². The zero-order valence-electron chi connectivity index (χ0n) is 12.7. The number of carbonyl (C=O) groups excluding carboxylic acids is 2. The van der Waals surface area contributed by atoms with E-state index in [0.717, 1.165) is 6.07 Å². The number of likely N-dealkylation sites (N-methyl/N-ethyl adjacent to an activating group) is 1. The highest BCUT2D eigenvalue weighted by Crippen LogP contribution is 2.44. The molecule has 1 saturated carbocycles. The third kappa shape index (κ3) is 3.08. The minimum atomic E-state index is -4.11. The molecule has 0 radical (unpaired) electrons. The van der Waals surface area contributed by atoms with Gasteiger partial charge in [-0.15, -0.1) is 0 Å². The van der Waals surface area contributed by atoms with Crippen LogP contribution in [0, 0.1) is 11.6 Å². The molecule has 0 unspecified atom stereocenters. The lowest BCUT2D eigenvalue weighted by molar-refractivity contribution is -0.216. The SMILES string of the molecule is CNC(=O)[C@H](NC(=O)C(F)(F)C1(O)CCC1)c1ccc(F)c(F)c1. The predicted octanol–water partition coefficient (Wildman–Crippen LogP) is 1.42. The zero-order chi connectivity index (χ0) is 18.1. The van der Waals surface area contributed by atoms with E-state index in [1.165, 1.54) is 7.05 Å². The van der Waals surface area contributed by atoms with E-state index in [1.807, 2.05) is 0 Å². The Balaban J connectivity index is 2.27. The largest absolute Gasteiger partial charge is 0.383 e. The second kappa shape index (κ2) is 6.39. The number of hydrogen-bond donors (Lipinski definition) is 3. The van der Waals surface area contributed by atoms with E-state index < -0.39 is 41.0 Å². The quantitative estimate of drug-likeness (QED) is 0.704. The minimum Gasteiger partial charge on any atom is -0.383 e. The molecule has 0 aliphatic heterocycles. The number of benzene rings is 1. The lowest BCUT2D eigenvalue weighted by Crippen LogP contribution is -2.61. The van der Waals surface area contributed by atoms with Crippen LogP contribution < -0.4 is 10.6 Å². The van der Waals surface area contributed by atoms with Crippen LogP contribution in [0.15, 0.2) is 18.2 Å². The number of halogens is 4. The van der Waals surface area contributed by atoms with E-state index in [9.17, 15) is 32.3 Å². The summed E-state index contributed by atoms with van der Waals surface area (Å²) in [4.78, 5) is 23.7. The first-order valence-electron chi connectivity index (χ1n) is 7.20. The average Bonchev–Trinajstić information content (AvgIpc) is 2.51. The molecule has 0 saturated heterocycles. The molecule has 0 heterocycles. The number of rotatable bonds is 5. The maximum atomic E-state index is 14.1. The number of alkyl halides is 2. The van der Waals surface area contributed by atoms with Crippen LogP contribution in [-0.4, -0.2) is 35.5 Å². The summed E-state index contributed by atoms with van der Waals surface area (Å²) in [6, 6.07) is 0.678. The van der Waals surface area contributed by atoms with Gasteiger partial charge in [0.25, 0.3) is 5.91 Å². The first kappa shape index (κ1) is 18.2. The normalized spacial score (nSPS) is 17.6. The molecule has 2 rings (SSSR count). The topological polar surface area (TPSA) is 78.4 Å². The van der Waals surface area contributed by atoms with Crippen molar-refractivity contribution >= 4 is 11.8 Å². The Labute approximate surface area is 135 Å². The Hall–Kier alpha value is -2.16. The van der Waals surface area contributed by atoms with Crippen molar-refractivity contribution in [1.82, 2.24) is 10.6 Å². The van der Waals surface area contributed by atoms with Gasteiger partial charge in [-0.3, -0.25) is 9.59 Å². The predicted molar refractivity (Wildman–Crippen MR) is 75.1 cm³/mol. The smallest absolute Gasteiger partial charge is 0.352 e. The molecule has 132 valence electrons. The Kier molecular flexibility index (Phi) is 4.84. The molecule has 1 fully saturated rings. The Morgan fingerprint density at radius 1 is 1.25 bits per heavy atom. The molecule has 0 bridgehead atoms. The van der Waals surface area contributed by atoms with Crippen LogP contribution >= 0.6 is 0 Å². The second-order valence-corrected chi connectivity index (χ2v) is 5.65. The van der Waals surface area contributed by atoms with Crippen molar-refractivity contribution in [2.45, 2.75) is 36.8 Å². The molecule has 1 atom stereocenters. The summed E-state index contributed by atoms with van der Waals surface area (Å²) in [6.07, 6.45) is -0.145. The highest BCUT2D eigenvalue weighted by molar-refractivity contribution is 5.92. The lowest BCUT2D eigenvalue weighted by Gasteiger charge is -2.41. The Morgan fingerprint density at radius 2 is 1.88 bits per heavy atom. The summed E-state index contributed by atoms with van der Waals surface area (Å²) in [6.45, 7) is 0. The molecule has 1 aliphatic rings. The molecule has 5 nitrogen and oxygen atoms in total. The number of carbonyl (C=O) groups is 2. The van der Waals surface area contributed by atoms with Crippen LogP contribution in [0.5, 0.6) is 0 Å².